The smallest absolute Gasteiger partial charge is 0.384 e. The van der Waals surface area contributed by atoms with E-state index in [9.17, 15) is 13.2 Å². The number of halogens is 4. The van der Waals surface area contributed by atoms with Crippen LogP contribution in [-0.2, 0) is 6.18 Å². The molecule has 1 heterocycles. The first kappa shape index (κ1) is 9.56. The number of nitrogens with zero attached hydrogens (tertiary/aromatic N) is 1. The number of alkyl halides is 3. The predicted molar refractivity (Wildman–Crippen MR) is 46.4 cm³/mol. The third kappa shape index (κ3) is 1.99. The van der Waals surface area contributed by atoms with Gasteiger partial charge in [-0.05, 0) is 34.7 Å². The van der Waals surface area contributed by atoms with E-state index in [1.165, 1.54) is 12.1 Å². The van der Waals surface area contributed by atoms with Crippen LogP contribution in [0.1, 0.15) is 5.69 Å². The molecule has 0 aliphatic heterocycles. The summed E-state index contributed by atoms with van der Waals surface area (Å²) in [7, 11) is 0. The molecule has 0 fully saturated rings. The minimum atomic E-state index is -4.42. The first-order valence-corrected chi connectivity index (χ1v) is 3.98. The maximum atomic E-state index is 12.1. The molecular formula is C6H4F3IN2. The normalized spacial score (nSPS) is 11.7. The number of rotatable bonds is 0. The summed E-state index contributed by atoms with van der Waals surface area (Å²) >= 11 is 1.56. The van der Waals surface area contributed by atoms with Gasteiger partial charge in [-0.15, -0.1) is 0 Å². The van der Waals surface area contributed by atoms with Crippen LogP contribution in [0.3, 0.4) is 0 Å². The number of aromatic nitrogens is 1. The molecule has 2 N–H and O–H groups in total. The lowest BCUT2D eigenvalue weighted by Gasteiger charge is -2.07. The maximum Gasteiger partial charge on any atom is 0.434 e. The Hall–Kier alpha value is -0.530. The van der Waals surface area contributed by atoms with Crippen LogP contribution < -0.4 is 5.73 Å². The molecule has 0 atom stereocenters. The third-order valence-electron chi connectivity index (χ3n) is 1.14. The maximum absolute atomic E-state index is 12.1. The molecule has 1 rings (SSSR count). The Kier molecular flexibility index (Phi) is 2.45. The minimum absolute atomic E-state index is 0.0503. The van der Waals surface area contributed by atoms with Crippen LogP contribution in [0.15, 0.2) is 12.1 Å². The zero-order valence-electron chi connectivity index (χ0n) is 5.69. The predicted octanol–water partition coefficient (Wildman–Crippen LogP) is 2.29. The molecule has 0 spiro atoms. The van der Waals surface area contributed by atoms with Gasteiger partial charge in [-0.25, -0.2) is 4.98 Å². The van der Waals surface area contributed by atoms with Crippen molar-refractivity contribution in [2.45, 2.75) is 6.18 Å². The van der Waals surface area contributed by atoms with Crippen molar-refractivity contribution in [3.63, 3.8) is 0 Å². The van der Waals surface area contributed by atoms with Crippen LogP contribution >= 0.6 is 22.6 Å². The van der Waals surface area contributed by atoms with Gasteiger partial charge < -0.3 is 5.73 Å². The molecule has 0 aromatic carbocycles. The lowest BCUT2D eigenvalue weighted by atomic mass is 10.3. The lowest BCUT2D eigenvalue weighted by molar-refractivity contribution is -0.141. The summed E-state index contributed by atoms with van der Waals surface area (Å²) in [5.74, 6) is -0.122. The first-order valence-electron chi connectivity index (χ1n) is 2.90. The number of nitrogens with two attached hydrogens (primary N) is 1. The second kappa shape index (κ2) is 3.08. The van der Waals surface area contributed by atoms with E-state index < -0.39 is 11.9 Å². The summed E-state index contributed by atoms with van der Waals surface area (Å²) in [6, 6.07) is 2.61. The van der Waals surface area contributed by atoms with E-state index in [0.717, 1.165) is 0 Å². The minimum Gasteiger partial charge on any atom is -0.384 e. The first-order chi connectivity index (χ1) is 5.41. The highest BCUT2D eigenvalue weighted by molar-refractivity contribution is 14.1. The summed E-state index contributed by atoms with van der Waals surface area (Å²) in [5.41, 5.74) is 4.18. The molecule has 0 saturated heterocycles. The molecule has 12 heavy (non-hydrogen) atoms. The van der Waals surface area contributed by atoms with Gasteiger partial charge in [-0.3, -0.25) is 0 Å². The van der Waals surface area contributed by atoms with Gasteiger partial charge in [0.25, 0.3) is 0 Å². The molecule has 1 aromatic heterocycles. The van der Waals surface area contributed by atoms with Gasteiger partial charge >= 0.3 is 6.18 Å². The van der Waals surface area contributed by atoms with Crippen LogP contribution in [0.4, 0.5) is 19.0 Å². The third-order valence-corrected chi connectivity index (χ3v) is 2.01. The zero-order chi connectivity index (χ0) is 9.35. The van der Waals surface area contributed by atoms with Crippen LogP contribution in [-0.4, -0.2) is 4.98 Å². The highest BCUT2D eigenvalue weighted by Crippen LogP contribution is 2.31. The quantitative estimate of drug-likeness (QED) is 0.744. The molecule has 1 aromatic rings. The molecule has 0 unspecified atom stereocenters. The monoisotopic (exact) mass is 288 g/mol. The van der Waals surface area contributed by atoms with Gasteiger partial charge in [0.15, 0.2) is 5.69 Å². The molecule has 0 aliphatic carbocycles. The van der Waals surface area contributed by atoms with Gasteiger partial charge in [-0.1, -0.05) is 0 Å². The Morgan fingerprint density at radius 3 is 2.33 bits per heavy atom. The van der Waals surface area contributed by atoms with Crippen LogP contribution in [0.2, 0.25) is 0 Å². The number of hydrogen-bond acceptors (Lipinski definition) is 2. The molecule has 66 valence electrons. The Morgan fingerprint density at radius 2 is 1.92 bits per heavy atom. The van der Waals surface area contributed by atoms with E-state index in [-0.39, 0.29) is 9.39 Å². The fourth-order valence-electron chi connectivity index (χ4n) is 0.656. The van der Waals surface area contributed by atoms with Crippen LogP contribution in [0.25, 0.3) is 0 Å². The Labute approximate surface area is 80.1 Å². The van der Waals surface area contributed by atoms with Gasteiger partial charge in [0.1, 0.15) is 5.82 Å². The largest absolute Gasteiger partial charge is 0.434 e. The summed E-state index contributed by atoms with van der Waals surface area (Å²) in [4.78, 5) is 3.19. The van der Waals surface area contributed by atoms with Crippen molar-refractivity contribution in [2.75, 3.05) is 5.73 Å². The lowest BCUT2D eigenvalue weighted by Crippen LogP contribution is -2.11. The van der Waals surface area contributed by atoms with Gasteiger partial charge in [0.2, 0.25) is 0 Å². The SMILES string of the molecule is Nc1ccc(I)c(C(F)(F)F)n1. The summed E-state index contributed by atoms with van der Waals surface area (Å²) in [6.45, 7) is 0. The fraction of sp³-hybridized carbons (Fsp3) is 0.167. The molecule has 0 radical (unpaired) electrons. The van der Waals surface area contributed by atoms with Crippen LogP contribution in [0, 0.1) is 3.57 Å². The molecule has 0 bridgehead atoms. The average Bonchev–Trinajstić information content (AvgIpc) is 1.92. The molecule has 0 saturated carbocycles. The van der Waals surface area contributed by atoms with Crippen molar-refractivity contribution >= 4 is 28.4 Å². The van der Waals surface area contributed by atoms with Crippen molar-refractivity contribution < 1.29 is 13.2 Å². The Bertz CT molecular complexity index is 297. The van der Waals surface area contributed by atoms with Crippen LogP contribution in [0.5, 0.6) is 0 Å². The number of nitrogen functional groups attached to an aromatic ring is 1. The second-order valence-corrected chi connectivity index (χ2v) is 3.23. The highest BCUT2D eigenvalue weighted by Gasteiger charge is 2.34. The van der Waals surface area contributed by atoms with Gasteiger partial charge in [-0.2, -0.15) is 13.2 Å². The van der Waals surface area contributed by atoms with Crippen molar-refractivity contribution in [3.8, 4) is 0 Å². The fourth-order valence-corrected chi connectivity index (χ4v) is 1.26. The van der Waals surface area contributed by atoms with Crippen molar-refractivity contribution in [1.29, 1.82) is 0 Å². The van der Waals surface area contributed by atoms with E-state index in [2.05, 4.69) is 4.98 Å². The van der Waals surface area contributed by atoms with E-state index in [4.69, 9.17) is 5.73 Å². The Morgan fingerprint density at radius 1 is 1.33 bits per heavy atom. The molecule has 0 aliphatic rings. The number of anilines is 1. The standard InChI is InChI=1S/C6H4F3IN2/c7-6(8,9)5-3(10)1-2-4(11)12-5/h1-2H,(H2,11,12). The van der Waals surface area contributed by atoms with Gasteiger partial charge in [0, 0.05) is 3.57 Å². The summed E-state index contributed by atoms with van der Waals surface area (Å²) in [6.07, 6.45) is -4.42. The van der Waals surface area contributed by atoms with Crippen molar-refractivity contribution in [2.24, 2.45) is 0 Å². The number of hydrogen-bond donors (Lipinski definition) is 1. The van der Waals surface area contributed by atoms with E-state index in [1.54, 1.807) is 22.6 Å². The number of pyridine rings is 1. The van der Waals surface area contributed by atoms with Gasteiger partial charge in [0.05, 0.1) is 0 Å². The van der Waals surface area contributed by atoms with Crippen molar-refractivity contribution in [1.82, 2.24) is 4.98 Å². The van der Waals surface area contributed by atoms with Crippen molar-refractivity contribution in [3.05, 3.63) is 21.4 Å². The molecule has 2 nitrogen and oxygen atoms in total. The van der Waals surface area contributed by atoms with E-state index in [1.807, 2.05) is 0 Å². The topological polar surface area (TPSA) is 38.9 Å². The molecule has 6 heteroatoms. The molecule has 0 amide bonds. The Balaban J connectivity index is 3.23. The zero-order valence-corrected chi connectivity index (χ0v) is 7.85. The summed E-state index contributed by atoms with van der Waals surface area (Å²) in [5, 5.41) is 0. The summed E-state index contributed by atoms with van der Waals surface area (Å²) < 4.78 is 36.4. The second-order valence-electron chi connectivity index (χ2n) is 2.06. The van der Waals surface area contributed by atoms with E-state index >= 15 is 0 Å². The van der Waals surface area contributed by atoms with E-state index in [0.29, 0.717) is 0 Å². The average molecular weight is 288 g/mol. The molecular weight excluding hydrogens is 284 g/mol. The highest BCUT2D eigenvalue weighted by atomic mass is 127.